The quantitative estimate of drug-likeness (QED) is 0.515. The van der Waals surface area contributed by atoms with E-state index in [0.717, 1.165) is 36.3 Å². The van der Waals surface area contributed by atoms with E-state index < -0.39 is 0 Å². The van der Waals surface area contributed by atoms with Gasteiger partial charge in [0.1, 0.15) is 29.0 Å². The average molecular weight is 432 g/mol. The summed E-state index contributed by atoms with van der Waals surface area (Å²) in [5.41, 5.74) is 0.593. The lowest BCUT2D eigenvalue weighted by Gasteiger charge is -2.28. The van der Waals surface area contributed by atoms with E-state index >= 15 is 0 Å². The first-order valence-corrected chi connectivity index (χ1v) is 11.1. The molecule has 0 radical (unpaired) electrons. The zero-order valence-corrected chi connectivity index (χ0v) is 18.4. The number of amides is 1. The Morgan fingerprint density at radius 3 is 2.41 bits per heavy atom. The average Bonchev–Trinajstić information content (AvgIpc) is 2.83. The Balaban J connectivity index is 1.25. The minimum Gasteiger partial charge on any atom is -0.457 e. The maximum atomic E-state index is 12.4. The number of nitrogens with one attached hydrogen (secondary N) is 2. The van der Waals surface area contributed by atoms with Crippen molar-refractivity contribution in [2.75, 3.05) is 36.4 Å². The zero-order chi connectivity index (χ0) is 22.2. The molecule has 4 rings (SSSR count). The molecule has 0 spiro atoms. The van der Waals surface area contributed by atoms with Crippen LogP contribution in [0.3, 0.4) is 0 Å². The van der Waals surface area contributed by atoms with Crippen LogP contribution in [0.1, 0.15) is 35.4 Å². The first-order chi connectivity index (χ1) is 15.7. The number of benzene rings is 2. The van der Waals surface area contributed by atoms with Crippen molar-refractivity contribution in [1.29, 1.82) is 0 Å². The van der Waals surface area contributed by atoms with E-state index in [-0.39, 0.29) is 5.91 Å². The van der Waals surface area contributed by atoms with Crippen molar-refractivity contribution in [2.24, 2.45) is 0 Å². The molecular weight excluding hydrogens is 402 g/mol. The van der Waals surface area contributed by atoms with E-state index in [1.807, 2.05) is 43.3 Å². The van der Waals surface area contributed by atoms with Crippen molar-refractivity contribution >= 4 is 17.5 Å². The van der Waals surface area contributed by atoms with Gasteiger partial charge in [-0.1, -0.05) is 18.2 Å². The number of ether oxygens (including phenoxy) is 1. The van der Waals surface area contributed by atoms with Crippen molar-refractivity contribution in [3.63, 3.8) is 0 Å². The third-order valence-electron chi connectivity index (χ3n) is 5.32. The minimum atomic E-state index is -0.120. The summed E-state index contributed by atoms with van der Waals surface area (Å²) in [6.07, 6.45) is 3.70. The summed E-state index contributed by atoms with van der Waals surface area (Å²) in [5.74, 6) is 3.84. The van der Waals surface area contributed by atoms with Gasteiger partial charge in [0.15, 0.2) is 0 Å². The standard InChI is InChI=1S/C25H29N5O2/c1-19-28-23(18-24(29-19)30-16-6-3-7-17-30)26-14-15-27-25(31)20-10-12-22(13-11-20)32-21-8-4-2-5-9-21/h2,4-5,8-13,18H,3,6-7,14-17H2,1H3,(H,27,31)(H,26,28,29). The fraction of sp³-hybridized carbons (Fsp3) is 0.320. The second-order valence-corrected chi connectivity index (χ2v) is 7.83. The van der Waals surface area contributed by atoms with Gasteiger partial charge < -0.3 is 20.3 Å². The van der Waals surface area contributed by atoms with E-state index in [1.165, 1.54) is 19.3 Å². The number of aromatic nitrogens is 2. The highest BCUT2D eigenvalue weighted by Crippen LogP contribution is 2.22. The highest BCUT2D eigenvalue weighted by Gasteiger charge is 2.14. The largest absolute Gasteiger partial charge is 0.457 e. The molecule has 0 aliphatic carbocycles. The molecule has 7 nitrogen and oxygen atoms in total. The smallest absolute Gasteiger partial charge is 0.251 e. The van der Waals surface area contributed by atoms with Crippen LogP contribution in [0.5, 0.6) is 11.5 Å². The molecule has 32 heavy (non-hydrogen) atoms. The number of piperidine rings is 1. The molecule has 0 bridgehead atoms. The molecule has 1 aromatic heterocycles. The van der Waals surface area contributed by atoms with Gasteiger partial charge in [0, 0.05) is 37.8 Å². The summed E-state index contributed by atoms with van der Waals surface area (Å²) < 4.78 is 5.77. The van der Waals surface area contributed by atoms with Crippen LogP contribution in [-0.4, -0.2) is 42.1 Å². The summed E-state index contributed by atoms with van der Waals surface area (Å²) in [6.45, 7) is 5.06. The Bertz CT molecular complexity index is 1020. The number of carbonyl (C=O) groups excluding carboxylic acids is 1. The summed E-state index contributed by atoms with van der Waals surface area (Å²) >= 11 is 0. The monoisotopic (exact) mass is 431 g/mol. The lowest BCUT2D eigenvalue weighted by atomic mass is 10.1. The molecule has 1 saturated heterocycles. The highest BCUT2D eigenvalue weighted by molar-refractivity contribution is 5.94. The van der Waals surface area contributed by atoms with E-state index in [9.17, 15) is 4.79 Å². The molecule has 1 aliphatic heterocycles. The lowest BCUT2D eigenvalue weighted by molar-refractivity contribution is 0.0955. The van der Waals surface area contributed by atoms with Crippen molar-refractivity contribution in [3.8, 4) is 11.5 Å². The number of aryl methyl sites for hydroxylation is 1. The van der Waals surface area contributed by atoms with Crippen LogP contribution >= 0.6 is 0 Å². The second-order valence-electron chi connectivity index (χ2n) is 7.83. The Hall–Kier alpha value is -3.61. The topological polar surface area (TPSA) is 79.4 Å². The molecule has 2 N–H and O–H groups in total. The minimum absolute atomic E-state index is 0.120. The Morgan fingerprint density at radius 1 is 0.938 bits per heavy atom. The number of hydrogen-bond donors (Lipinski definition) is 2. The third kappa shape index (κ3) is 5.97. The third-order valence-corrected chi connectivity index (χ3v) is 5.32. The summed E-state index contributed by atoms with van der Waals surface area (Å²) in [5, 5.41) is 6.23. The molecule has 1 amide bonds. The summed E-state index contributed by atoms with van der Waals surface area (Å²) in [7, 11) is 0. The van der Waals surface area contributed by atoms with Crippen LogP contribution in [0.4, 0.5) is 11.6 Å². The van der Waals surface area contributed by atoms with E-state index in [0.29, 0.717) is 24.4 Å². The van der Waals surface area contributed by atoms with Crippen molar-refractivity contribution in [2.45, 2.75) is 26.2 Å². The molecule has 3 aromatic rings. The normalized spacial score (nSPS) is 13.5. The van der Waals surface area contributed by atoms with E-state index in [4.69, 9.17) is 4.74 Å². The zero-order valence-electron chi connectivity index (χ0n) is 18.4. The van der Waals surface area contributed by atoms with Crippen molar-refractivity contribution in [3.05, 3.63) is 72.1 Å². The molecule has 0 unspecified atom stereocenters. The molecule has 166 valence electrons. The fourth-order valence-corrected chi connectivity index (χ4v) is 3.70. The Morgan fingerprint density at radius 2 is 1.66 bits per heavy atom. The fourth-order valence-electron chi connectivity index (χ4n) is 3.70. The number of rotatable bonds is 8. The predicted octanol–water partition coefficient (Wildman–Crippen LogP) is 4.41. The van der Waals surface area contributed by atoms with Gasteiger partial charge in [0.05, 0.1) is 0 Å². The molecule has 7 heteroatoms. The number of nitrogens with zero attached hydrogens (tertiary/aromatic N) is 3. The van der Waals surface area contributed by atoms with Crippen LogP contribution < -0.4 is 20.3 Å². The van der Waals surface area contributed by atoms with Gasteiger partial charge in [-0.2, -0.15) is 0 Å². The highest BCUT2D eigenvalue weighted by atomic mass is 16.5. The molecule has 0 atom stereocenters. The molecule has 0 saturated carbocycles. The van der Waals surface area contributed by atoms with Gasteiger partial charge in [-0.25, -0.2) is 9.97 Å². The molecule has 2 heterocycles. The Labute approximate surface area is 188 Å². The van der Waals surface area contributed by atoms with Crippen molar-refractivity contribution < 1.29 is 9.53 Å². The number of hydrogen-bond acceptors (Lipinski definition) is 6. The van der Waals surface area contributed by atoms with Crippen LogP contribution in [0, 0.1) is 6.92 Å². The Kier molecular flexibility index (Phi) is 7.17. The van der Waals surface area contributed by atoms with Gasteiger partial charge in [0.2, 0.25) is 0 Å². The summed E-state index contributed by atoms with van der Waals surface area (Å²) in [4.78, 5) is 23.8. The van der Waals surface area contributed by atoms with Crippen LogP contribution in [0.15, 0.2) is 60.7 Å². The lowest BCUT2D eigenvalue weighted by Crippen LogP contribution is -2.31. The van der Waals surface area contributed by atoms with Crippen LogP contribution in [-0.2, 0) is 0 Å². The molecule has 1 aliphatic rings. The predicted molar refractivity (Wildman–Crippen MR) is 127 cm³/mol. The molecule has 1 fully saturated rings. The molecular formula is C25H29N5O2. The first kappa shape index (κ1) is 21.6. The maximum Gasteiger partial charge on any atom is 0.251 e. The number of anilines is 2. The first-order valence-electron chi connectivity index (χ1n) is 11.1. The van der Waals surface area contributed by atoms with Gasteiger partial charge in [0.25, 0.3) is 5.91 Å². The van der Waals surface area contributed by atoms with Gasteiger partial charge >= 0.3 is 0 Å². The number of para-hydroxylation sites is 1. The van der Waals surface area contributed by atoms with Gasteiger partial charge in [-0.15, -0.1) is 0 Å². The SMILES string of the molecule is Cc1nc(NCCNC(=O)c2ccc(Oc3ccccc3)cc2)cc(N2CCCCC2)n1. The van der Waals surface area contributed by atoms with Crippen molar-refractivity contribution in [1.82, 2.24) is 15.3 Å². The van der Waals surface area contributed by atoms with E-state index in [2.05, 4.69) is 25.5 Å². The van der Waals surface area contributed by atoms with Crippen LogP contribution in [0.25, 0.3) is 0 Å². The van der Waals surface area contributed by atoms with Gasteiger partial charge in [-0.3, -0.25) is 4.79 Å². The second kappa shape index (κ2) is 10.6. The van der Waals surface area contributed by atoms with E-state index in [1.54, 1.807) is 24.3 Å². The van der Waals surface area contributed by atoms with Gasteiger partial charge in [-0.05, 0) is 62.6 Å². The summed E-state index contributed by atoms with van der Waals surface area (Å²) in [6, 6.07) is 18.7. The molecule has 2 aromatic carbocycles. The number of carbonyl (C=O) groups is 1. The maximum absolute atomic E-state index is 12.4. The van der Waals surface area contributed by atoms with Crippen LogP contribution in [0.2, 0.25) is 0 Å².